The van der Waals surface area contributed by atoms with Crippen molar-refractivity contribution in [2.75, 3.05) is 0 Å². The highest BCUT2D eigenvalue weighted by Gasteiger charge is 2.29. The molecule has 0 amide bonds. The molecule has 0 spiro atoms. The molecule has 112 valence electrons. The van der Waals surface area contributed by atoms with Gasteiger partial charge in [-0.2, -0.15) is 0 Å². The van der Waals surface area contributed by atoms with Gasteiger partial charge in [-0.25, -0.2) is 0 Å². The van der Waals surface area contributed by atoms with Crippen molar-refractivity contribution in [2.45, 2.75) is 38.1 Å². The minimum absolute atomic E-state index is 0.294. The Hall–Kier alpha value is -2.13. The highest BCUT2D eigenvalue weighted by molar-refractivity contribution is 5.67. The van der Waals surface area contributed by atoms with Gasteiger partial charge in [0.15, 0.2) is 0 Å². The fourth-order valence-electron chi connectivity index (χ4n) is 3.17. The third kappa shape index (κ3) is 2.90. The Morgan fingerprint density at radius 2 is 2.05 bits per heavy atom. The van der Waals surface area contributed by atoms with Crippen LogP contribution < -0.4 is 4.74 Å². The summed E-state index contributed by atoms with van der Waals surface area (Å²) in [5.41, 5.74) is 3.67. The summed E-state index contributed by atoms with van der Waals surface area (Å²) in [5, 5.41) is 0. The van der Waals surface area contributed by atoms with Crippen LogP contribution in [0, 0.1) is 0 Å². The quantitative estimate of drug-likeness (QED) is 0.854. The second-order valence-electron chi connectivity index (χ2n) is 5.95. The first-order valence-electron chi connectivity index (χ1n) is 7.85. The zero-order chi connectivity index (χ0) is 14.8. The fraction of sp³-hybridized carbons (Fsp3) is 0.316. The molecule has 2 aliphatic heterocycles. The van der Waals surface area contributed by atoms with Gasteiger partial charge in [0.25, 0.3) is 0 Å². The van der Waals surface area contributed by atoms with E-state index in [2.05, 4.69) is 29.3 Å². The Kier molecular flexibility index (Phi) is 3.65. The first-order valence-corrected chi connectivity index (χ1v) is 7.85. The zero-order valence-electron chi connectivity index (χ0n) is 12.4. The van der Waals surface area contributed by atoms with Crippen LogP contribution in [-0.4, -0.2) is 17.2 Å². The van der Waals surface area contributed by atoms with Gasteiger partial charge in [-0.1, -0.05) is 36.4 Å². The van der Waals surface area contributed by atoms with Crippen LogP contribution in [0.25, 0.3) is 5.57 Å². The Labute approximate surface area is 130 Å². The molecule has 1 saturated heterocycles. The standard InChI is InChI=1S/C19H19NO2/c1-2-4-14(5-3-1)13-21-19-10-16(11-20-12-19)15-8-17-6-7-18(9-15)22-17/h1-5,8,10-12,17-18H,6-7,9,13H2. The first kappa shape index (κ1) is 13.5. The van der Waals surface area contributed by atoms with Crippen LogP contribution in [0.15, 0.2) is 54.9 Å². The average molecular weight is 293 g/mol. The number of pyridine rings is 1. The Balaban J connectivity index is 1.49. The average Bonchev–Trinajstić information content (AvgIpc) is 2.92. The summed E-state index contributed by atoms with van der Waals surface area (Å²) >= 11 is 0. The van der Waals surface area contributed by atoms with Crippen LogP contribution in [0.3, 0.4) is 0 Å². The second-order valence-corrected chi connectivity index (χ2v) is 5.95. The summed E-state index contributed by atoms with van der Waals surface area (Å²) in [5.74, 6) is 0.820. The van der Waals surface area contributed by atoms with E-state index in [4.69, 9.17) is 9.47 Å². The number of aromatic nitrogens is 1. The number of hydrogen-bond acceptors (Lipinski definition) is 3. The largest absolute Gasteiger partial charge is 0.487 e. The lowest BCUT2D eigenvalue weighted by Crippen LogP contribution is -2.15. The summed E-state index contributed by atoms with van der Waals surface area (Å²) in [6, 6.07) is 12.3. The molecule has 3 nitrogen and oxygen atoms in total. The predicted octanol–water partition coefficient (Wildman–Crippen LogP) is 4.00. The maximum atomic E-state index is 5.87. The molecule has 22 heavy (non-hydrogen) atoms. The van der Waals surface area contributed by atoms with Crippen molar-refractivity contribution in [3.8, 4) is 5.75 Å². The van der Waals surface area contributed by atoms with E-state index < -0.39 is 0 Å². The van der Waals surface area contributed by atoms with E-state index in [1.165, 1.54) is 12.0 Å². The Morgan fingerprint density at radius 1 is 1.14 bits per heavy atom. The summed E-state index contributed by atoms with van der Waals surface area (Å²) in [6.45, 7) is 0.569. The predicted molar refractivity (Wildman–Crippen MR) is 85.5 cm³/mol. The van der Waals surface area contributed by atoms with Crippen LogP contribution in [0.5, 0.6) is 5.75 Å². The highest BCUT2D eigenvalue weighted by Crippen LogP contribution is 2.36. The van der Waals surface area contributed by atoms with E-state index in [1.54, 1.807) is 6.20 Å². The smallest absolute Gasteiger partial charge is 0.138 e. The molecule has 1 aromatic carbocycles. The Morgan fingerprint density at radius 3 is 2.91 bits per heavy atom. The van der Waals surface area contributed by atoms with E-state index in [0.29, 0.717) is 18.8 Å². The molecule has 2 aromatic rings. The normalized spacial score (nSPS) is 23.2. The van der Waals surface area contributed by atoms with Gasteiger partial charge in [-0.3, -0.25) is 4.98 Å². The van der Waals surface area contributed by atoms with E-state index >= 15 is 0 Å². The van der Waals surface area contributed by atoms with Gasteiger partial charge >= 0.3 is 0 Å². The van der Waals surface area contributed by atoms with Gasteiger partial charge in [-0.05, 0) is 42.0 Å². The molecule has 2 unspecified atom stereocenters. The molecule has 0 radical (unpaired) electrons. The van der Waals surface area contributed by atoms with Gasteiger partial charge in [0.05, 0.1) is 18.4 Å². The van der Waals surface area contributed by atoms with E-state index in [0.717, 1.165) is 29.7 Å². The minimum atomic E-state index is 0.294. The molecule has 1 fully saturated rings. The van der Waals surface area contributed by atoms with Crippen LogP contribution in [-0.2, 0) is 11.3 Å². The van der Waals surface area contributed by atoms with Crippen LogP contribution >= 0.6 is 0 Å². The van der Waals surface area contributed by atoms with Crippen molar-refractivity contribution >= 4 is 5.57 Å². The molecule has 2 atom stereocenters. The number of nitrogens with zero attached hydrogens (tertiary/aromatic N) is 1. The number of rotatable bonds is 4. The van der Waals surface area contributed by atoms with Crippen molar-refractivity contribution in [2.24, 2.45) is 0 Å². The lowest BCUT2D eigenvalue weighted by atomic mass is 10.00. The van der Waals surface area contributed by atoms with Crippen molar-refractivity contribution in [1.82, 2.24) is 4.98 Å². The number of benzene rings is 1. The lowest BCUT2D eigenvalue weighted by molar-refractivity contribution is 0.0671. The third-order valence-electron chi connectivity index (χ3n) is 4.31. The van der Waals surface area contributed by atoms with E-state index in [1.807, 2.05) is 24.4 Å². The van der Waals surface area contributed by atoms with Crippen molar-refractivity contribution in [3.63, 3.8) is 0 Å². The number of hydrogen-bond donors (Lipinski definition) is 0. The number of ether oxygens (including phenoxy) is 2. The lowest BCUT2D eigenvalue weighted by Gasteiger charge is -2.20. The van der Waals surface area contributed by atoms with Gasteiger partial charge in [0.2, 0.25) is 0 Å². The van der Waals surface area contributed by atoms with Gasteiger partial charge < -0.3 is 9.47 Å². The Bertz CT molecular complexity index is 681. The fourth-order valence-corrected chi connectivity index (χ4v) is 3.17. The van der Waals surface area contributed by atoms with Gasteiger partial charge in [0.1, 0.15) is 12.4 Å². The molecule has 2 aliphatic rings. The number of fused-ring (bicyclic) bond motifs is 2. The van der Waals surface area contributed by atoms with Gasteiger partial charge in [0, 0.05) is 6.20 Å². The topological polar surface area (TPSA) is 31.4 Å². The van der Waals surface area contributed by atoms with Crippen LogP contribution in [0.1, 0.15) is 30.4 Å². The summed E-state index contributed by atoms with van der Waals surface area (Å²) in [7, 11) is 0. The SMILES string of the molecule is C1=C(c2cncc(OCc3ccccc3)c2)CC2CCC1O2. The maximum Gasteiger partial charge on any atom is 0.138 e. The van der Waals surface area contributed by atoms with Crippen LogP contribution in [0.2, 0.25) is 0 Å². The van der Waals surface area contributed by atoms with Crippen molar-refractivity contribution in [3.05, 3.63) is 66.0 Å². The summed E-state index contributed by atoms with van der Waals surface area (Å²) in [4.78, 5) is 4.34. The summed E-state index contributed by atoms with van der Waals surface area (Å²) in [6.07, 6.45) is 9.93. The van der Waals surface area contributed by atoms with Crippen molar-refractivity contribution in [1.29, 1.82) is 0 Å². The van der Waals surface area contributed by atoms with Gasteiger partial charge in [-0.15, -0.1) is 0 Å². The molecule has 0 N–H and O–H groups in total. The molecule has 3 heterocycles. The zero-order valence-corrected chi connectivity index (χ0v) is 12.4. The molecule has 0 saturated carbocycles. The van der Waals surface area contributed by atoms with Crippen molar-refractivity contribution < 1.29 is 9.47 Å². The molecule has 4 rings (SSSR count). The molecule has 0 aliphatic carbocycles. The molecular formula is C19H19NO2. The molecule has 1 aromatic heterocycles. The monoisotopic (exact) mass is 293 g/mol. The molecular weight excluding hydrogens is 274 g/mol. The molecule has 3 heteroatoms. The van der Waals surface area contributed by atoms with Crippen LogP contribution in [0.4, 0.5) is 0 Å². The second kappa shape index (κ2) is 5.93. The van der Waals surface area contributed by atoms with E-state index in [9.17, 15) is 0 Å². The maximum absolute atomic E-state index is 5.87. The highest BCUT2D eigenvalue weighted by atomic mass is 16.5. The van der Waals surface area contributed by atoms with E-state index in [-0.39, 0.29) is 0 Å². The minimum Gasteiger partial charge on any atom is -0.487 e. The first-order chi connectivity index (χ1) is 10.9. The molecule has 2 bridgehead atoms. The third-order valence-corrected chi connectivity index (χ3v) is 4.31. The summed E-state index contributed by atoms with van der Waals surface area (Å²) < 4.78 is 11.7.